The summed E-state index contributed by atoms with van der Waals surface area (Å²) in [5.41, 5.74) is 1.73. The fraction of sp³-hybridized carbons (Fsp3) is 0.273. The van der Waals surface area contributed by atoms with Crippen molar-refractivity contribution in [2.45, 2.75) is 6.42 Å². The van der Waals surface area contributed by atoms with Crippen LogP contribution in [0.25, 0.3) is 0 Å². The van der Waals surface area contributed by atoms with Crippen LogP contribution in [0.5, 0.6) is 0 Å². The standard InChI is InChI=1S/C11H13NO3/c1-12(2)9-5-3-8(4-6-9)7-10(13)11(14)15/h3-6H,7H2,1-2H3,(H,14,15). The van der Waals surface area contributed by atoms with Crippen LogP contribution in [0.4, 0.5) is 5.69 Å². The van der Waals surface area contributed by atoms with E-state index in [1.807, 2.05) is 31.1 Å². The molecule has 0 saturated carbocycles. The lowest BCUT2D eigenvalue weighted by Crippen LogP contribution is -2.15. The first-order valence-corrected chi connectivity index (χ1v) is 4.53. The van der Waals surface area contributed by atoms with Crippen molar-refractivity contribution in [1.82, 2.24) is 0 Å². The summed E-state index contributed by atoms with van der Waals surface area (Å²) < 4.78 is 0. The second-order valence-corrected chi connectivity index (χ2v) is 3.47. The molecular weight excluding hydrogens is 194 g/mol. The van der Waals surface area contributed by atoms with Crippen molar-refractivity contribution in [2.24, 2.45) is 0 Å². The summed E-state index contributed by atoms with van der Waals surface area (Å²) in [5.74, 6) is -2.17. The number of ketones is 1. The lowest BCUT2D eigenvalue weighted by Gasteiger charge is -2.12. The number of carbonyl (C=O) groups is 2. The minimum absolute atomic E-state index is 0.0525. The average molecular weight is 207 g/mol. The third-order valence-corrected chi connectivity index (χ3v) is 2.06. The van der Waals surface area contributed by atoms with Crippen molar-refractivity contribution in [1.29, 1.82) is 0 Å². The molecule has 1 rings (SSSR count). The van der Waals surface area contributed by atoms with Gasteiger partial charge in [-0.2, -0.15) is 0 Å². The molecule has 1 aromatic rings. The molecule has 0 spiro atoms. The Labute approximate surface area is 88.1 Å². The monoisotopic (exact) mass is 207 g/mol. The number of carbonyl (C=O) groups excluding carboxylic acids is 1. The molecule has 0 aliphatic carbocycles. The summed E-state index contributed by atoms with van der Waals surface area (Å²) in [6.07, 6.45) is -0.0525. The Balaban J connectivity index is 2.73. The summed E-state index contributed by atoms with van der Waals surface area (Å²) in [7, 11) is 3.83. The van der Waals surface area contributed by atoms with E-state index in [2.05, 4.69) is 0 Å². The fourth-order valence-electron chi connectivity index (χ4n) is 1.17. The fourth-order valence-corrected chi connectivity index (χ4v) is 1.17. The Morgan fingerprint density at radius 1 is 1.20 bits per heavy atom. The molecule has 0 aromatic heterocycles. The summed E-state index contributed by atoms with van der Waals surface area (Å²) in [6.45, 7) is 0. The number of carboxylic acids is 1. The molecule has 0 atom stereocenters. The highest BCUT2D eigenvalue weighted by Crippen LogP contribution is 2.12. The largest absolute Gasteiger partial charge is 0.475 e. The number of rotatable bonds is 4. The summed E-state index contributed by atoms with van der Waals surface area (Å²) in [6, 6.07) is 7.22. The molecule has 1 N–H and O–H groups in total. The molecule has 0 heterocycles. The number of anilines is 1. The van der Waals surface area contributed by atoms with E-state index < -0.39 is 11.8 Å². The zero-order valence-corrected chi connectivity index (χ0v) is 8.73. The van der Waals surface area contributed by atoms with Crippen molar-refractivity contribution >= 4 is 17.4 Å². The van der Waals surface area contributed by atoms with Gasteiger partial charge in [0.2, 0.25) is 5.78 Å². The molecule has 80 valence electrons. The number of hydrogen-bond donors (Lipinski definition) is 1. The molecule has 0 fully saturated rings. The molecule has 0 saturated heterocycles. The van der Waals surface area contributed by atoms with E-state index in [1.54, 1.807) is 12.1 Å². The van der Waals surface area contributed by atoms with Gasteiger partial charge in [0, 0.05) is 26.2 Å². The van der Waals surface area contributed by atoms with E-state index >= 15 is 0 Å². The van der Waals surface area contributed by atoms with Gasteiger partial charge in [0.05, 0.1) is 0 Å². The van der Waals surface area contributed by atoms with E-state index in [4.69, 9.17) is 5.11 Å². The summed E-state index contributed by atoms with van der Waals surface area (Å²) in [4.78, 5) is 23.2. The van der Waals surface area contributed by atoms with Gasteiger partial charge in [-0.15, -0.1) is 0 Å². The molecule has 0 radical (unpaired) electrons. The average Bonchev–Trinajstić information content (AvgIpc) is 2.18. The van der Waals surface area contributed by atoms with Gasteiger partial charge in [-0.3, -0.25) is 4.79 Å². The summed E-state index contributed by atoms with van der Waals surface area (Å²) >= 11 is 0. The van der Waals surface area contributed by atoms with Crippen LogP contribution in [0.1, 0.15) is 5.56 Å². The van der Waals surface area contributed by atoms with Crippen molar-refractivity contribution in [2.75, 3.05) is 19.0 Å². The third kappa shape index (κ3) is 3.09. The Bertz CT molecular complexity index is 368. The lowest BCUT2D eigenvalue weighted by molar-refractivity contribution is -0.148. The van der Waals surface area contributed by atoms with Crippen LogP contribution in [0, 0.1) is 0 Å². The van der Waals surface area contributed by atoms with Gasteiger partial charge in [0.1, 0.15) is 0 Å². The first-order valence-electron chi connectivity index (χ1n) is 4.53. The van der Waals surface area contributed by atoms with E-state index in [-0.39, 0.29) is 6.42 Å². The lowest BCUT2D eigenvalue weighted by atomic mass is 10.1. The molecule has 1 aromatic carbocycles. The predicted molar refractivity (Wildman–Crippen MR) is 57.1 cm³/mol. The molecule has 4 heteroatoms. The van der Waals surface area contributed by atoms with Crippen LogP contribution in [-0.4, -0.2) is 31.0 Å². The molecule has 0 unspecified atom stereocenters. The quantitative estimate of drug-likeness (QED) is 0.747. The predicted octanol–water partition coefficient (Wildman–Crippen LogP) is 0.949. The molecule has 0 aliphatic rings. The van der Waals surface area contributed by atoms with Crippen LogP contribution in [0.3, 0.4) is 0 Å². The number of benzene rings is 1. The number of hydrogen-bond acceptors (Lipinski definition) is 3. The molecule has 15 heavy (non-hydrogen) atoms. The van der Waals surface area contributed by atoms with Gasteiger partial charge in [0.25, 0.3) is 0 Å². The number of carboxylic acid groups (broad SMARTS) is 1. The maximum absolute atomic E-state index is 10.9. The highest BCUT2D eigenvalue weighted by Gasteiger charge is 2.11. The van der Waals surface area contributed by atoms with Gasteiger partial charge < -0.3 is 10.0 Å². The number of Topliss-reactive ketones (excluding diaryl/α,β-unsaturated/α-hetero) is 1. The zero-order chi connectivity index (χ0) is 11.4. The molecule has 0 amide bonds. The van der Waals surface area contributed by atoms with Gasteiger partial charge >= 0.3 is 5.97 Å². The molecule has 0 bridgehead atoms. The van der Waals surface area contributed by atoms with E-state index in [9.17, 15) is 9.59 Å². The van der Waals surface area contributed by atoms with Crippen LogP contribution >= 0.6 is 0 Å². The van der Waals surface area contributed by atoms with Crippen LogP contribution in [-0.2, 0) is 16.0 Å². The van der Waals surface area contributed by atoms with Crippen molar-refractivity contribution < 1.29 is 14.7 Å². The Morgan fingerprint density at radius 3 is 2.13 bits per heavy atom. The second kappa shape index (κ2) is 4.59. The second-order valence-electron chi connectivity index (χ2n) is 3.47. The van der Waals surface area contributed by atoms with Crippen LogP contribution < -0.4 is 4.90 Å². The molecular formula is C11H13NO3. The smallest absolute Gasteiger partial charge is 0.372 e. The van der Waals surface area contributed by atoms with Crippen molar-refractivity contribution in [3.63, 3.8) is 0 Å². The Hall–Kier alpha value is -1.84. The third-order valence-electron chi connectivity index (χ3n) is 2.06. The minimum atomic E-state index is -1.38. The number of aliphatic carboxylic acids is 1. The first-order chi connectivity index (χ1) is 7.00. The Kier molecular flexibility index (Phi) is 3.44. The van der Waals surface area contributed by atoms with Crippen LogP contribution in [0.2, 0.25) is 0 Å². The van der Waals surface area contributed by atoms with Crippen LogP contribution in [0.15, 0.2) is 24.3 Å². The van der Waals surface area contributed by atoms with Gasteiger partial charge in [-0.05, 0) is 17.7 Å². The Morgan fingerprint density at radius 2 is 1.73 bits per heavy atom. The molecule has 0 aliphatic heterocycles. The normalized spacial score (nSPS) is 9.73. The van der Waals surface area contributed by atoms with Gasteiger partial charge in [0.15, 0.2) is 0 Å². The van der Waals surface area contributed by atoms with Crippen molar-refractivity contribution in [3.05, 3.63) is 29.8 Å². The first kappa shape index (κ1) is 11.2. The van der Waals surface area contributed by atoms with Gasteiger partial charge in [-0.25, -0.2) is 4.79 Å². The highest BCUT2D eigenvalue weighted by molar-refractivity contribution is 6.33. The van der Waals surface area contributed by atoms with E-state index in [1.165, 1.54) is 0 Å². The SMILES string of the molecule is CN(C)c1ccc(CC(=O)C(=O)O)cc1. The topological polar surface area (TPSA) is 57.6 Å². The van der Waals surface area contributed by atoms with Crippen molar-refractivity contribution in [3.8, 4) is 0 Å². The minimum Gasteiger partial charge on any atom is -0.475 e. The molecule has 4 nitrogen and oxygen atoms in total. The van der Waals surface area contributed by atoms with Gasteiger partial charge in [-0.1, -0.05) is 12.1 Å². The number of nitrogens with zero attached hydrogens (tertiary/aromatic N) is 1. The maximum Gasteiger partial charge on any atom is 0.372 e. The maximum atomic E-state index is 10.9. The zero-order valence-electron chi connectivity index (χ0n) is 8.73. The van der Waals surface area contributed by atoms with E-state index in [0.29, 0.717) is 5.56 Å². The van der Waals surface area contributed by atoms with E-state index in [0.717, 1.165) is 5.69 Å². The highest BCUT2D eigenvalue weighted by atomic mass is 16.4. The summed E-state index contributed by atoms with van der Waals surface area (Å²) in [5, 5.41) is 8.43.